The van der Waals surface area contributed by atoms with Crippen molar-refractivity contribution in [2.45, 2.75) is 19.4 Å². The Kier molecular flexibility index (Phi) is 2.75. The van der Waals surface area contributed by atoms with E-state index in [2.05, 4.69) is 0 Å². The highest BCUT2D eigenvalue weighted by atomic mass is 16.2. The molecule has 0 aliphatic carbocycles. The Morgan fingerprint density at radius 2 is 2.00 bits per heavy atom. The van der Waals surface area contributed by atoms with E-state index in [1.54, 1.807) is 29.2 Å². The summed E-state index contributed by atoms with van der Waals surface area (Å²) in [5.41, 5.74) is 7.18. The molecular formula is C12H14N2O2. The van der Waals surface area contributed by atoms with E-state index in [0.29, 0.717) is 18.5 Å². The van der Waals surface area contributed by atoms with Crippen LogP contribution in [0.25, 0.3) is 0 Å². The van der Waals surface area contributed by atoms with E-state index >= 15 is 0 Å². The standard InChI is InChI=1S/C12H14N2O2/c1-8(15)9-2-4-11(5-3-9)14-7-10(13)6-12(14)16/h2-5,10H,6-7,13H2,1H3. The van der Waals surface area contributed by atoms with Gasteiger partial charge in [-0.05, 0) is 31.2 Å². The first-order chi connectivity index (χ1) is 7.58. The number of anilines is 1. The van der Waals surface area contributed by atoms with E-state index in [1.807, 2.05) is 0 Å². The Bertz CT molecular complexity index is 425. The molecule has 1 aliphatic heterocycles. The van der Waals surface area contributed by atoms with Crippen LogP contribution in [-0.2, 0) is 4.79 Å². The lowest BCUT2D eigenvalue weighted by molar-refractivity contribution is -0.117. The maximum absolute atomic E-state index is 11.6. The van der Waals surface area contributed by atoms with E-state index in [-0.39, 0.29) is 17.7 Å². The molecule has 0 spiro atoms. The number of carbonyl (C=O) groups is 2. The molecule has 1 unspecified atom stereocenters. The van der Waals surface area contributed by atoms with Gasteiger partial charge in [-0.25, -0.2) is 0 Å². The summed E-state index contributed by atoms with van der Waals surface area (Å²) in [4.78, 5) is 24.3. The zero-order chi connectivity index (χ0) is 11.7. The molecule has 0 aromatic heterocycles. The lowest BCUT2D eigenvalue weighted by atomic mass is 10.1. The molecule has 1 aliphatic rings. The minimum Gasteiger partial charge on any atom is -0.326 e. The second-order valence-electron chi connectivity index (χ2n) is 4.07. The summed E-state index contributed by atoms with van der Waals surface area (Å²) < 4.78 is 0. The van der Waals surface area contributed by atoms with E-state index in [9.17, 15) is 9.59 Å². The number of nitrogens with two attached hydrogens (primary N) is 1. The first-order valence-corrected chi connectivity index (χ1v) is 5.25. The van der Waals surface area contributed by atoms with Crippen molar-refractivity contribution < 1.29 is 9.59 Å². The highest BCUT2D eigenvalue weighted by Gasteiger charge is 2.27. The number of amides is 1. The van der Waals surface area contributed by atoms with Gasteiger partial charge in [0, 0.05) is 30.3 Å². The molecule has 84 valence electrons. The summed E-state index contributed by atoms with van der Waals surface area (Å²) in [6.07, 6.45) is 0.397. The fourth-order valence-corrected chi connectivity index (χ4v) is 1.86. The molecule has 0 bridgehead atoms. The molecule has 2 rings (SSSR count). The molecule has 1 saturated heterocycles. The third-order valence-corrected chi connectivity index (χ3v) is 2.74. The molecule has 0 saturated carbocycles. The van der Waals surface area contributed by atoms with Gasteiger partial charge in [0.2, 0.25) is 5.91 Å². The van der Waals surface area contributed by atoms with Gasteiger partial charge in [-0.1, -0.05) is 0 Å². The van der Waals surface area contributed by atoms with Crippen molar-refractivity contribution in [1.29, 1.82) is 0 Å². The molecule has 16 heavy (non-hydrogen) atoms. The number of benzene rings is 1. The predicted molar refractivity (Wildman–Crippen MR) is 61.4 cm³/mol. The van der Waals surface area contributed by atoms with Crippen molar-refractivity contribution in [3.8, 4) is 0 Å². The van der Waals surface area contributed by atoms with Crippen LogP contribution in [0.1, 0.15) is 23.7 Å². The first kappa shape index (κ1) is 10.8. The minimum absolute atomic E-state index is 0.0241. The first-order valence-electron chi connectivity index (χ1n) is 5.25. The van der Waals surface area contributed by atoms with Crippen LogP contribution in [0.3, 0.4) is 0 Å². The third-order valence-electron chi connectivity index (χ3n) is 2.74. The Balaban J connectivity index is 2.22. The normalized spacial score (nSPS) is 20.2. The second-order valence-corrected chi connectivity index (χ2v) is 4.07. The van der Waals surface area contributed by atoms with Gasteiger partial charge in [-0.2, -0.15) is 0 Å². The summed E-state index contributed by atoms with van der Waals surface area (Å²) in [6.45, 7) is 2.07. The summed E-state index contributed by atoms with van der Waals surface area (Å²) in [7, 11) is 0. The summed E-state index contributed by atoms with van der Waals surface area (Å²) in [5, 5.41) is 0. The molecule has 1 aromatic carbocycles. The smallest absolute Gasteiger partial charge is 0.228 e. The Morgan fingerprint density at radius 3 is 2.44 bits per heavy atom. The van der Waals surface area contributed by atoms with Crippen LogP contribution in [0, 0.1) is 0 Å². The molecule has 4 nitrogen and oxygen atoms in total. The van der Waals surface area contributed by atoms with Crippen molar-refractivity contribution in [2.75, 3.05) is 11.4 Å². The van der Waals surface area contributed by atoms with Crippen LogP contribution in [0.5, 0.6) is 0 Å². The number of Topliss-reactive ketones (excluding diaryl/α,β-unsaturated/α-hetero) is 1. The molecule has 1 heterocycles. The number of rotatable bonds is 2. The van der Waals surface area contributed by atoms with Crippen LogP contribution in [0.15, 0.2) is 24.3 Å². The van der Waals surface area contributed by atoms with Crippen LogP contribution < -0.4 is 10.6 Å². The molecule has 2 N–H and O–H groups in total. The number of ketones is 1. The van der Waals surface area contributed by atoms with Gasteiger partial charge in [-0.15, -0.1) is 0 Å². The number of hydrogen-bond acceptors (Lipinski definition) is 3. The molecule has 1 fully saturated rings. The Labute approximate surface area is 94.0 Å². The van der Waals surface area contributed by atoms with Crippen molar-refractivity contribution >= 4 is 17.4 Å². The average molecular weight is 218 g/mol. The van der Waals surface area contributed by atoms with Gasteiger partial charge in [0.15, 0.2) is 5.78 Å². The van der Waals surface area contributed by atoms with Crippen molar-refractivity contribution in [3.63, 3.8) is 0 Å². The van der Waals surface area contributed by atoms with E-state index in [1.165, 1.54) is 6.92 Å². The molecule has 4 heteroatoms. The lowest BCUT2D eigenvalue weighted by Crippen LogP contribution is -2.27. The second kappa shape index (κ2) is 4.06. The third kappa shape index (κ3) is 1.97. The number of hydrogen-bond donors (Lipinski definition) is 1. The minimum atomic E-state index is -0.0833. The predicted octanol–water partition coefficient (Wildman–Crippen LogP) is 0.953. The lowest BCUT2D eigenvalue weighted by Gasteiger charge is -2.16. The van der Waals surface area contributed by atoms with Gasteiger partial charge in [0.05, 0.1) is 0 Å². The topological polar surface area (TPSA) is 63.4 Å². The van der Waals surface area contributed by atoms with E-state index < -0.39 is 0 Å². The van der Waals surface area contributed by atoms with Gasteiger partial charge in [-0.3, -0.25) is 9.59 Å². The van der Waals surface area contributed by atoms with Crippen LogP contribution in [0.4, 0.5) is 5.69 Å². The fraction of sp³-hybridized carbons (Fsp3) is 0.333. The van der Waals surface area contributed by atoms with E-state index in [0.717, 1.165) is 5.69 Å². The van der Waals surface area contributed by atoms with Gasteiger partial charge >= 0.3 is 0 Å². The van der Waals surface area contributed by atoms with Gasteiger partial charge in [0.1, 0.15) is 0 Å². The van der Waals surface area contributed by atoms with Crippen molar-refractivity contribution in [2.24, 2.45) is 5.73 Å². The monoisotopic (exact) mass is 218 g/mol. The summed E-state index contributed by atoms with van der Waals surface area (Å²) in [6, 6.07) is 6.95. The average Bonchev–Trinajstić information content (AvgIpc) is 2.58. The molecular weight excluding hydrogens is 204 g/mol. The van der Waals surface area contributed by atoms with Gasteiger partial charge < -0.3 is 10.6 Å². The van der Waals surface area contributed by atoms with Crippen LogP contribution in [-0.4, -0.2) is 24.3 Å². The fourth-order valence-electron chi connectivity index (χ4n) is 1.86. The van der Waals surface area contributed by atoms with Crippen LogP contribution in [0.2, 0.25) is 0 Å². The van der Waals surface area contributed by atoms with E-state index in [4.69, 9.17) is 5.73 Å². The summed E-state index contributed by atoms with van der Waals surface area (Å²) in [5.74, 6) is 0.0686. The zero-order valence-electron chi connectivity index (χ0n) is 9.14. The molecule has 1 aromatic rings. The highest BCUT2D eigenvalue weighted by molar-refractivity contribution is 5.98. The largest absolute Gasteiger partial charge is 0.326 e. The van der Waals surface area contributed by atoms with Crippen molar-refractivity contribution in [3.05, 3.63) is 29.8 Å². The SMILES string of the molecule is CC(=O)c1ccc(N2CC(N)CC2=O)cc1. The quantitative estimate of drug-likeness (QED) is 0.752. The van der Waals surface area contributed by atoms with Crippen molar-refractivity contribution in [1.82, 2.24) is 0 Å². The highest BCUT2D eigenvalue weighted by Crippen LogP contribution is 2.21. The molecule has 0 radical (unpaired) electrons. The zero-order valence-corrected chi connectivity index (χ0v) is 9.14. The molecule has 1 atom stereocenters. The number of nitrogens with zero attached hydrogens (tertiary/aromatic N) is 1. The Hall–Kier alpha value is -1.68. The molecule has 1 amide bonds. The maximum Gasteiger partial charge on any atom is 0.228 e. The summed E-state index contributed by atoms with van der Waals surface area (Å²) >= 11 is 0. The number of carbonyl (C=O) groups excluding carboxylic acids is 2. The maximum atomic E-state index is 11.6. The van der Waals surface area contributed by atoms with Gasteiger partial charge in [0.25, 0.3) is 0 Å². The van der Waals surface area contributed by atoms with Crippen LogP contribution >= 0.6 is 0 Å². The Morgan fingerprint density at radius 1 is 1.38 bits per heavy atom.